The van der Waals surface area contributed by atoms with Gasteiger partial charge in [-0.3, -0.25) is 4.79 Å². The van der Waals surface area contributed by atoms with Crippen LogP contribution in [0.1, 0.15) is 27.7 Å². The average Bonchev–Trinajstić information content (AvgIpc) is 2.23. The molecule has 0 saturated carbocycles. The van der Waals surface area contributed by atoms with Gasteiger partial charge in [-0.1, -0.05) is 16.2 Å². The molecule has 0 aromatic heterocycles. The van der Waals surface area contributed by atoms with Gasteiger partial charge in [-0.15, -0.1) is 29.2 Å². The van der Waals surface area contributed by atoms with E-state index in [1.54, 1.807) is 0 Å². The molecule has 0 aliphatic heterocycles. The fourth-order valence-electron chi connectivity index (χ4n) is 1.13. The number of amides is 1. The number of hydroxylamine groups is 1. The smallest absolute Gasteiger partial charge is 0.305 e. The minimum absolute atomic E-state index is 0.277. The second-order valence-electron chi connectivity index (χ2n) is 5.95. The normalized spacial score (nSPS) is 13.9. The quantitative estimate of drug-likeness (QED) is 0.0566. The van der Waals surface area contributed by atoms with Gasteiger partial charge in [-0.2, -0.15) is 10.5 Å². The number of rotatable bonds is 7. The maximum atomic E-state index is 11.6. The predicted octanol–water partition coefficient (Wildman–Crippen LogP) is -3.93. The fraction of sp³-hybridized carbons (Fsp3) is 0.667. The van der Waals surface area contributed by atoms with Crippen LogP contribution >= 0.6 is 0 Å². The van der Waals surface area contributed by atoms with Crippen molar-refractivity contribution in [1.82, 2.24) is 10.5 Å². The summed E-state index contributed by atoms with van der Waals surface area (Å²) in [6.07, 6.45) is 0. The minimum atomic E-state index is -1.39. The summed E-state index contributed by atoms with van der Waals surface area (Å²) in [5, 5.41) is 0.584. The lowest BCUT2D eigenvalue weighted by atomic mass is 10.2. The van der Waals surface area contributed by atoms with E-state index in [0.717, 1.165) is 0 Å². The maximum Gasteiger partial charge on any atom is 0.305 e. The maximum absolute atomic E-state index is 11.6. The zero-order chi connectivity index (χ0) is 18.1. The van der Waals surface area contributed by atoms with Crippen molar-refractivity contribution in [3.05, 3.63) is 12.3 Å². The number of quaternary nitrogens is 2. The molecule has 13 nitrogen and oxygen atoms in total. The van der Waals surface area contributed by atoms with Crippen molar-refractivity contribution in [3.8, 4) is 0 Å². The summed E-state index contributed by atoms with van der Waals surface area (Å²) in [6, 6.07) is 0. The van der Waals surface area contributed by atoms with E-state index >= 15 is 0 Å². The second-order valence-corrected chi connectivity index (χ2v) is 5.95. The van der Waals surface area contributed by atoms with Crippen LogP contribution < -0.4 is 46.2 Å². The number of carbonyl (C=O) groups is 1. The van der Waals surface area contributed by atoms with Gasteiger partial charge in [0.1, 0.15) is 0 Å². The summed E-state index contributed by atoms with van der Waals surface area (Å²) in [5.74, 6) is 33.3. The van der Waals surface area contributed by atoms with E-state index < -0.39 is 27.0 Å². The first-order chi connectivity index (χ1) is 9.44. The van der Waals surface area contributed by atoms with Crippen LogP contribution in [0, 0.1) is 0 Å². The molecule has 0 aromatic carbocycles. The van der Waals surface area contributed by atoms with Gasteiger partial charge in [-0.25, -0.2) is 5.84 Å². The van der Waals surface area contributed by atoms with Crippen molar-refractivity contribution < 1.29 is 19.3 Å². The van der Waals surface area contributed by atoms with Crippen molar-refractivity contribution in [2.75, 3.05) is 0 Å². The summed E-state index contributed by atoms with van der Waals surface area (Å²) in [5.41, 5.74) is 4.83. The van der Waals surface area contributed by atoms with Gasteiger partial charge >= 0.3 is 5.72 Å². The Hall–Kier alpha value is -1.39. The molecule has 0 heterocycles. The Labute approximate surface area is 129 Å². The molecule has 0 bridgehead atoms. The van der Waals surface area contributed by atoms with Crippen LogP contribution in [0.5, 0.6) is 0 Å². The highest BCUT2D eigenvalue weighted by molar-refractivity contribution is 5.90. The van der Waals surface area contributed by atoms with Gasteiger partial charge < -0.3 is 5.73 Å². The number of carbonyl (C=O) groups excluding carboxylic acids is 1. The van der Waals surface area contributed by atoms with E-state index in [1.807, 2.05) is 0 Å². The van der Waals surface area contributed by atoms with Crippen LogP contribution in [-0.2, 0) is 9.63 Å². The Morgan fingerprint density at radius 1 is 1.14 bits per heavy atom. The Morgan fingerprint density at radius 2 is 1.55 bits per heavy atom. The lowest BCUT2D eigenvalue weighted by Gasteiger charge is -2.44. The Morgan fingerprint density at radius 3 is 1.86 bits per heavy atom. The van der Waals surface area contributed by atoms with E-state index in [0.29, 0.717) is 5.12 Å². The van der Waals surface area contributed by atoms with Crippen LogP contribution in [-0.4, -0.2) is 32.1 Å². The molecule has 0 saturated heterocycles. The number of hydrazine groups is 2. The molecule has 0 aliphatic rings. The third-order valence-corrected chi connectivity index (χ3v) is 3.07. The molecule has 0 atom stereocenters. The van der Waals surface area contributed by atoms with Crippen LogP contribution in [0.3, 0.4) is 0 Å². The monoisotopic (exact) mass is 323 g/mol. The van der Waals surface area contributed by atoms with Crippen molar-refractivity contribution in [1.29, 1.82) is 0 Å². The minimum Gasteiger partial charge on any atom is -0.395 e. The molecule has 0 unspecified atom stereocenters. The SMILES string of the molecule is C=C(N)C(=O)N(N)NC(C)(C)[N+](N)(N)OC(C)(C)[N+](N)(N)N. The van der Waals surface area contributed by atoms with E-state index in [1.165, 1.54) is 27.7 Å². The zero-order valence-corrected chi connectivity index (χ0v) is 13.4. The van der Waals surface area contributed by atoms with Gasteiger partial charge in [0.25, 0.3) is 5.91 Å². The molecule has 1 amide bonds. The fourth-order valence-corrected chi connectivity index (χ4v) is 1.13. The van der Waals surface area contributed by atoms with E-state index in [2.05, 4.69) is 12.0 Å². The topological polar surface area (TPSA) is 224 Å². The van der Waals surface area contributed by atoms with Crippen molar-refractivity contribution in [2.24, 2.45) is 40.8 Å². The van der Waals surface area contributed by atoms with Crippen LogP contribution in [0.15, 0.2) is 12.3 Å². The molecule has 13 heteroatoms. The van der Waals surface area contributed by atoms with E-state index in [-0.39, 0.29) is 5.70 Å². The number of nitrogens with two attached hydrogens (primary N) is 7. The number of hydrogen-bond donors (Lipinski definition) is 8. The van der Waals surface area contributed by atoms with Gasteiger partial charge in [0, 0.05) is 27.7 Å². The second kappa shape index (κ2) is 6.01. The van der Waals surface area contributed by atoms with E-state index in [9.17, 15) is 4.79 Å². The Balaban J connectivity index is 5.25. The standard InChI is InChI=1S/C9H29N11O2/c1-6(10)7(21)18(11)17-8(2,3)20(15,16)22-9(4,5)19(12,13)14/h17H,1,10-16H2,2-5H3/q+2. The average molecular weight is 323 g/mol. The highest BCUT2D eigenvalue weighted by Gasteiger charge is 2.53. The van der Waals surface area contributed by atoms with Crippen LogP contribution in [0.4, 0.5) is 0 Å². The third-order valence-electron chi connectivity index (χ3n) is 3.07. The van der Waals surface area contributed by atoms with Crippen molar-refractivity contribution in [2.45, 2.75) is 39.1 Å². The molecular formula is C9H29N11O2+2. The van der Waals surface area contributed by atoms with Crippen LogP contribution in [0.2, 0.25) is 0 Å². The molecule has 0 spiro atoms. The predicted molar refractivity (Wildman–Crippen MR) is 78.2 cm³/mol. The summed E-state index contributed by atoms with van der Waals surface area (Å²) >= 11 is 0. The summed E-state index contributed by atoms with van der Waals surface area (Å²) in [6.45, 7) is 9.24. The van der Waals surface area contributed by atoms with Crippen molar-refractivity contribution >= 4 is 5.91 Å². The first-order valence-corrected chi connectivity index (χ1v) is 6.18. The summed E-state index contributed by atoms with van der Waals surface area (Å²) in [7, 11) is 0. The Bertz CT molecular complexity index is 439. The number of nitrogens with one attached hydrogen (secondary N) is 1. The van der Waals surface area contributed by atoms with Crippen molar-refractivity contribution in [3.63, 3.8) is 0 Å². The third kappa shape index (κ3) is 4.55. The molecule has 0 aliphatic carbocycles. The zero-order valence-electron chi connectivity index (χ0n) is 13.4. The first kappa shape index (κ1) is 20.6. The highest BCUT2D eigenvalue weighted by Crippen LogP contribution is 2.22. The molecule has 0 radical (unpaired) electrons. The molecule has 22 heavy (non-hydrogen) atoms. The van der Waals surface area contributed by atoms with Gasteiger partial charge in [-0.05, 0) is 4.86 Å². The van der Waals surface area contributed by atoms with Gasteiger partial charge in [0.05, 0.1) is 5.70 Å². The number of nitrogens with zero attached hydrogens (tertiary/aromatic N) is 3. The summed E-state index contributed by atoms with van der Waals surface area (Å²) < 4.78 is 0. The molecular weight excluding hydrogens is 294 g/mol. The molecule has 0 rings (SSSR count). The van der Waals surface area contributed by atoms with Crippen LogP contribution in [0.25, 0.3) is 0 Å². The summed E-state index contributed by atoms with van der Waals surface area (Å²) in [4.78, 5) is 14.9. The largest absolute Gasteiger partial charge is 0.395 e. The molecule has 0 aromatic rings. The van der Waals surface area contributed by atoms with E-state index in [4.69, 9.17) is 45.6 Å². The lowest BCUT2D eigenvalue weighted by Crippen LogP contribution is -2.85. The lowest BCUT2D eigenvalue weighted by molar-refractivity contribution is -1.21. The first-order valence-electron chi connectivity index (χ1n) is 6.18. The molecule has 130 valence electrons. The van der Waals surface area contributed by atoms with Gasteiger partial charge in [0.15, 0.2) is 0 Å². The molecule has 15 N–H and O–H groups in total. The number of hydrogen-bond acceptors (Lipinski definition) is 10. The molecule has 0 fully saturated rings. The van der Waals surface area contributed by atoms with Gasteiger partial charge in [0.2, 0.25) is 5.66 Å². The Kier molecular flexibility index (Phi) is 5.63. The highest BCUT2D eigenvalue weighted by atomic mass is 16.8.